The Balaban J connectivity index is 0.000000396. The zero-order valence-corrected chi connectivity index (χ0v) is 8.46. The van der Waals surface area contributed by atoms with Gasteiger partial charge in [-0.05, 0) is 18.6 Å². The fourth-order valence-corrected chi connectivity index (χ4v) is 1.27. The standard InChI is InChI=1S/C9H10N2.C2H6/c1-7-5-9-8(2)10-3-4-11(9)6-7;1-2/h3-6,10H,2H2,1H3;1-2H3. The molecule has 0 unspecified atom stereocenters. The summed E-state index contributed by atoms with van der Waals surface area (Å²) in [6.07, 6.45) is 5.95. The summed E-state index contributed by atoms with van der Waals surface area (Å²) in [5.74, 6) is 0. The van der Waals surface area contributed by atoms with Crippen molar-refractivity contribution >= 4 is 11.9 Å². The molecule has 2 nitrogen and oxygen atoms in total. The summed E-state index contributed by atoms with van der Waals surface area (Å²) < 4.78 is 2.06. The molecule has 1 N–H and O–H groups in total. The zero-order valence-electron chi connectivity index (χ0n) is 8.46. The van der Waals surface area contributed by atoms with Crippen LogP contribution in [-0.2, 0) is 0 Å². The van der Waals surface area contributed by atoms with Gasteiger partial charge in [0.2, 0.25) is 0 Å². The maximum absolute atomic E-state index is 3.89. The molecule has 0 saturated carbocycles. The van der Waals surface area contributed by atoms with Gasteiger partial charge in [0, 0.05) is 18.6 Å². The Morgan fingerprint density at radius 2 is 2.08 bits per heavy atom. The fourth-order valence-electron chi connectivity index (χ4n) is 1.27. The average Bonchev–Trinajstić information content (AvgIpc) is 2.51. The summed E-state index contributed by atoms with van der Waals surface area (Å²) in [6, 6.07) is 2.11. The Kier molecular flexibility index (Phi) is 2.96. The first-order valence-corrected chi connectivity index (χ1v) is 4.58. The maximum atomic E-state index is 3.89. The van der Waals surface area contributed by atoms with Crippen LogP contribution in [0.25, 0.3) is 11.9 Å². The van der Waals surface area contributed by atoms with E-state index in [0.29, 0.717) is 0 Å². The van der Waals surface area contributed by atoms with E-state index < -0.39 is 0 Å². The highest BCUT2D eigenvalue weighted by molar-refractivity contribution is 5.66. The maximum Gasteiger partial charge on any atom is 0.0683 e. The van der Waals surface area contributed by atoms with Gasteiger partial charge >= 0.3 is 0 Å². The van der Waals surface area contributed by atoms with E-state index in [0.717, 1.165) is 11.4 Å². The molecule has 0 saturated heterocycles. The Morgan fingerprint density at radius 3 is 2.69 bits per heavy atom. The molecule has 1 aromatic heterocycles. The Hall–Kier alpha value is -1.44. The molecule has 0 aliphatic carbocycles. The second kappa shape index (κ2) is 3.99. The lowest BCUT2D eigenvalue weighted by molar-refractivity contribution is 1.04. The van der Waals surface area contributed by atoms with Crippen molar-refractivity contribution in [1.29, 1.82) is 0 Å². The highest BCUT2D eigenvalue weighted by Crippen LogP contribution is 2.17. The van der Waals surface area contributed by atoms with Gasteiger partial charge in [0.25, 0.3) is 0 Å². The highest BCUT2D eigenvalue weighted by atomic mass is 15.0. The van der Waals surface area contributed by atoms with E-state index in [1.54, 1.807) is 0 Å². The van der Waals surface area contributed by atoms with Crippen molar-refractivity contribution < 1.29 is 0 Å². The van der Waals surface area contributed by atoms with E-state index >= 15 is 0 Å². The van der Waals surface area contributed by atoms with Gasteiger partial charge in [0.1, 0.15) is 0 Å². The smallest absolute Gasteiger partial charge is 0.0683 e. The number of aromatic nitrogens is 1. The number of aryl methyl sites for hydroxylation is 1. The summed E-state index contributed by atoms with van der Waals surface area (Å²) in [5.41, 5.74) is 3.36. The number of nitrogens with one attached hydrogen (secondary N) is 1. The predicted molar refractivity (Wildman–Crippen MR) is 58.0 cm³/mol. The molecule has 2 heteroatoms. The van der Waals surface area contributed by atoms with Gasteiger partial charge in [0.15, 0.2) is 0 Å². The molecule has 1 aromatic rings. The number of hydrogen-bond acceptors (Lipinski definition) is 1. The summed E-state index contributed by atoms with van der Waals surface area (Å²) in [6.45, 7) is 9.96. The third-order valence-electron chi connectivity index (χ3n) is 1.79. The predicted octanol–water partition coefficient (Wildman–Crippen LogP) is 2.82. The van der Waals surface area contributed by atoms with Crippen molar-refractivity contribution in [3.05, 3.63) is 36.3 Å². The minimum Gasteiger partial charge on any atom is -0.359 e. The van der Waals surface area contributed by atoms with Gasteiger partial charge in [0.05, 0.1) is 11.4 Å². The summed E-state index contributed by atoms with van der Waals surface area (Å²) in [7, 11) is 0. The van der Waals surface area contributed by atoms with E-state index in [4.69, 9.17) is 0 Å². The minimum absolute atomic E-state index is 0.959. The monoisotopic (exact) mass is 176 g/mol. The molecule has 0 spiro atoms. The van der Waals surface area contributed by atoms with Gasteiger partial charge in [-0.3, -0.25) is 0 Å². The Labute approximate surface area is 79.6 Å². The molecule has 1 aliphatic rings. The summed E-state index contributed by atoms with van der Waals surface area (Å²) >= 11 is 0. The molecule has 1 aliphatic heterocycles. The zero-order chi connectivity index (χ0) is 9.84. The van der Waals surface area contributed by atoms with E-state index in [1.807, 2.05) is 26.2 Å². The van der Waals surface area contributed by atoms with E-state index in [1.165, 1.54) is 5.56 Å². The molecular weight excluding hydrogens is 160 g/mol. The van der Waals surface area contributed by atoms with Crippen LogP contribution in [0.3, 0.4) is 0 Å². The van der Waals surface area contributed by atoms with Crippen molar-refractivity contribution in [2.45, 2.75) is 20.8 Å². The molecule has 0 fully saturated rings. The summed E-state index contributed by atoms with van der Waals surface area (Å²) in [5, 5.41) is 3.06. The topological polar surface area (TPSA) is 17.0 Å². The lowest BCUT2D eigenvalue weighted by atomic mass is 10.3. The van der Waals surface area contributed by atoms with Crippen LogP contribution in [0.15, 0.2) is 25.0 Å². The van der Waals surface area contributed by atoms with Gasteiger partial charge in [-0.25, -0.2) is 0 Å². The van der Waals surface area contributed by atoms with Crippen LogP contribution < -0.4 is 5.32 Å². The van der Waals surface area contributed by atoms with Crippen molar-refractivity contribution in [3.63, 3.8) is 0 Å². The van der Waals surface area contributed by atoms with Crippen molar-refractivity contribution in [2.75, 3.05) is 0 Å². The molecule has 0 atom stereocenters. The van der Waals surface area contributed by atoms with Crippen LogP contribution in [0, 0.1) is 6.92 Å². The van der Waals surface area contributed by atoms with E-state index in [9.17, 15) is 0 Å². The first-order chi connectivity index (χ1) is 6.27. The molecule has 13 heavy (non-hydrogen) atoms. The normalized spacial score (nSPS) is 12.7. The van der Waals surface area contributed by atoms with Gasteiger partial charge in [-0.15, -0.1) is 0 Å². The molecule has 70 valence electrons. The second-order valence-corrected chi connectivity index (χ2v) is 2.75. The number of hydrogen-bond donors (Lipinski definition) is 1. The lowest BCUT2D eigenvalue weighted by Crippen LogP contribution is -2.10. The third kappa shape index (κ3) is 1.83. The molecule has 0 aromatic carbocycles. The van der Waals surface area contributed by atoms with Crippen molar-refractivity contribution in [1.82, 2.24) is 9.88 Å². The quantitative estimate of drug-likeness (QED) is 0.643. The molecule has 0 bridgehead atoms. The third-order valence-corrected chi connectivity index (χ3v) is 1.79. The Morgan fingerprint density at radius 1 is 1.38 bits per heavy atom. The van der Waals surface area contributed by atoms with E-state index in [2.05, 4.69) is 35.6 Å². The van der Waals surface area contributed by atoms with Gasteiger partial charge in [-0.2, -0.15) is 0 Å². The fraction of sp³-hybridized carbons (Fsp3) is 0.273. The van der Waals surface area contributed by atoms with Crippen molar-refractivity contribution in [2.24, 2.45) is 0 Å². The average molecular weight is 176 g/mol. The molecule has 0 amide bonds. The van der Waals surface area contributed by atoms with E-state index in [-0.39, 0.29) is 0 Å². The van der Waals surface area contributed by atoms with Crippen LogP contribution in [-0.4, -0.2) is 4.57 Å². The van der Waals surface area contributed by atoms with Crippen LogP contribution in [0.5, 0.6) is 0 Å². The van der Waals surface area contributed by atoms with Crippen LogP contribution in [0.4, 0.5) is 0 Å². The first-order valence-electron chi connectivity index (χ1n) is 4.58. The van der Waals surface area contributed by atoms with Gasteiger partial charge in [-0.1, -0.05) is 20.4 Å². The molecular formula is C11H16N2. The lowest BCUT2D eigenvalue weighted by Gasteiger charge is -2.12. The molecule has 0 radical (unpaired) electrons. The van der Waals surface area contributed by atoms with Gasteiger partial charge < -0.3 is 9.88 Å². The first kappa shape index (κ1) is 9.65. The van der Waals surface area contributed by atoms with Crippen LogP contribution >= 0.6 is 0 Å². The minimum atomic E-state index is 0.959. The Bertz CT molecular complexity index is 332. The number of rotatable bonds is 0. The number of fused-ring (bicyclic) bond motifs is 1. The second-order valence-electron chi connectivity index (χ2n) is 2.75. The SMILES string of the molecule is C=C1NC=Cn2cc(C)cc21.CC. The largest absolute Gasteiger partial charge is 0.359 e. The number of nitrogens with zero attached hydrogens (tertiary/aromatic N) is 1. The molecule has 2 rings (SSSR count). The van der Waals surface area contributed by atoms with Crippen molar-refractivity contribution in [3.8, 4) is 0 Å². The summed E-state index contributed by atoms with van der Waals surface area (Å²) in [4.78, 5) is 0. The molecule has 2 heterocycles. The van der Waals surface area contributed by atoms with Crippen LogP contribution in [0.1, 0.15) is 25.1 Å². The highest BCUT2D eigenvalue weighted by Gasteiger charge is 2.06. The van der Waals surface area contributed by atoms with Crippen LogP contribution in [0.2, 0.25) is 0 Å².